The lowest BCUT2D eigenvalue weighted by Gasteiger charge is -2.12. The molecule has 31 heavy (non-hydrogen) atoms. The highest BCUT2D eigenvalue weighted by Gasteiger charge is 2.23. The van der Waals surface area contributed by atoms with Crippen LogP contribution in [-0.4, -0.2) is 0 Å². The van der Waals surface area contributed by atoms with Crippen LogP contribution in [0.1, 0.15) is 24.9 Å². The quantitative estimate of drug-likeness (QED) is 0.223. The van der Waals surface area contributed by atoms with Crippen molar-refractivity contribution in [3.05, 3.63) is 95.0 Å². The molecule has 5 aromatic rings. The minimum Gasteiger partial charge on any atom is -0.456 e. The van der Waals surface area contributed by atoms with E-state index < -0.39 is 13.7 Å². The SMILES string of the molecule is [2H]C([2H])([2H])c1ccccc1-c1cc(-c2c(C)ccc3c2oc2cc([N+]#[C-])ccc23)[n+](C)cc1C([2H])([2H])[2H]. The Balaban J connectivity index is 1.87. The van der Waals surface area contributed by atoms with E-state index in [-0.39, 0.29) is 11.1 Å². The molecule has 0 N–H and O–H groups in total. The number of aromatic nitrogens is 1. The fourth-order valence-electron chi connectivity index (χ4n) is 4.15. The van der Waals surface area contributed by atoms with Crippen LogP contribution >= 0.6 is 0 Å². The van der Waals surface area contributed by atoms with Crippen molar-refractivity contribution >= 4 is 27.6 Å². The maximum atomic E-state index is 8.18. The molecule has 0 radical (unpaired) electrons. The van der Waals surface area contributed by atoms with Gasteiger partial charge in [0.1, 0.15) is 18.2 Å². The van der Waals surface area contributed by atoms with Crippen LogP contribution in [-0.2, 0) is 7.05 Å². The number of rotatable bonds is 2. The second-order valence-electron chi connectivity index (χ2n) is 7.67. The van der Waals surface area contributed by atoms with Gasteiger partial charge in [-0.05, 0) is 48.9 Å². The van der Waals surface area contributed by atoms with E-state index in [9.17, 15) is 0 Å². The molecule has 0 saturated heterocycles. The van der Waals surface area contributed by atoms with Crippen molar-refractivity contribution in [2.45, 2.75) is 20.6 Å². The molecule has 0 atom stereocenters. The number of fused-ring (bicyclic) bond motifs is 3. The first kappa shape index (κ1) is 13.4. The number of pyridine rings is 1. The summed E-state index contributed by atoms with van der Waals surface area (Å²) in [6.45, 7) is 4.38. The number of benzene rings is 3. The van der Waals surface area contributed by atoms with Crippen LogP contribution in [0.3, 0.4) is 0 Å². The molecule has 0 fully saturated rings. The van der Waals surface area contributed by atoms with E-state index in [0.717, 1.165) is 21.9 Å². The first-order valence-corrected chi connectivity index (χ1v) is 9.88. The summed E-state index contributed by atoms with van der Waals surface area (Å²) < 4.78 is 56.7. The van der Waals surface area contributed by atoms with Crippen molar-refractivity contribution in [3.8, 4) is 22.4 Å². The van der Waals surface area contributed by atoms with Gasteiger partial charge in [0, 0.05) is 30.6 Å². The normalized spacial score (nSPS) is 14.9. The minimum atomic E-state index is -2.47. The number of furan rings is 1. The number of hydrogen-bond donors (Lipinski definition) is 0. The van der Waals surface area contributed by atoms with Gasteiger partial charge in [0.2, 0.25) is 5.69 Å². The molecule has 150 valence electrons. The summed E-state index contributed by atoms with van der Waals surface area (Å²) in [5, 5.41) is 1.75. The van der Waals surface area contributed by atoms with Gasteiger partial charge >= 0.3 is 0 Å². The van der Waals surface area contributed by atoms with Crippen LogP contribution < -0.4 is 4.57 Å². The zero-order valence-electron chi connectivity index (χ0n) is 23.2. The summed E-state index contributed by atoms with van der Waals surface area (Å²) in [6, 6.07) is 17.5. The molecule has 3 aromatic carbocycles. The first-order valence-electron chi connectivity index (χ1n) is 12.9. The smallest absolute Gasteiger partial charge is 0.216 e. The van der Waals surface area contributed by atoms with Gasteiger partial charge in [-0.15, -0.1) is 0 Å². The Morgan fingerprint density at radius 2 is 1.71 bits per heavy atom. The zero-order valence-corrected chi connectivity index (χ0v) is 17.2. The van der Waals surface area contributed by atoms with Gasteiger partial charge in [-0.2, -0.15) is 0 Å². The molecular formula is C28H23N2O+. The Morgan fingerprint density at radius 3 is 2.52 bits per heavy atom. The van der Waals surface area contributed by atoms with Crippen LogP contribution in [0, 0.1) is 27.2 Å². The molecule has 0 saturated carbocycles. The Labute approximate surface area is 190 Å². The molecule has 0 aliphatic heterocycles. The summed E-state index contributed by atoms with van der Waals surface area (Å²) in [6.07, 6.45) is 1.55. The predicted molar refractivity (Wildman–Crippen MR) is 126 cm³/mol. The van der Waals surface area contributed by atoms with Gasteiger partial charge < -0.3 is 4.42 Å². The number of nitrogens with zero attached hydrogens (tertiary/aromatic N) is 2. The number of aryl methyl sites for hydroxylation is 4. The first-order chi connectivity index (χ1) is 17.4. The van der Waals surface area contributed by atoms with E-state index in [1.807, 2.05) is 25.1 Å². The Hall–Kier alpha value is -3.90. The molecule has 2 heterocycles. The largest absolute Gasteiger partial charge is 0.456 e. The van der Waals surface area contributed by atoms with Crippen molar-refractivity contribution in [3.63, 3.8) is 0 Å². The molecule has 3 heteroatoms. The molecule has 3 nitrogen and oxygen atoms in total. The van der Waals surface area contributed by atoms with Crippen molar-refractivity contribution in [2.24, 2.45) is 7.05 Å². The Morgan fingerprint density at radius 1 is 0.903 bits per heavy atom. The fraction of sp³-hybridized carbons (Fsp3) is 0.143. The van der Waals surface area contributed by atoms with E-state index in [1.165, 1.54) is 6.07 Å². The van der Waals surface area contributed by atoms with Crippen LogP contribution in [0.2, 0.25) is 0 Å². The van der Waals surface area contributed by atoms with Crippen molar-refractivity contribution in [1.29, 1.82) is 0 Å². The van der Waals surface area contributed by atoms with E-state index in [0.29, 0.717) is 33.7 Å². The van der Waals surface area contributed by atoms with Crippen molar-refractivity contribution < 1.29 is 17.2 Å². The highest BCUT2D eigenvalue weighted by Crippen LogP contribution is 2.39. The molecule has 0 aliphatic carbocycles. The van der Waals surface area contributed by atoms with Gasteiger partial charge in [0.05, 0.1) is 12.1 Å². The van der Waals surface area contributed by atoms with Crippen LogP contribution in [0.25, 0.3) is 49.2 Å². The lowest BCUT2D eigenvalue weighted by Crippen LogP contribution is -2.31. The van der Waals surface area contributed by atoms with Crippen LogP contribution in [0.5, 0.6) is 0 Å². The molecule has 0 amide bonds. The van der Waals surface area contributed by atoms with Crippen LogP contribution in [0.15, 0.2) is 71.3 Å². The van der Waals surface area contributed by atoms with Crippen molar-refractivity contribution in [1.82, 2.24) is 0 Å². The molecule has 0 spiro atoms. The van der Waals surface area contributed by atoms with Crippen LogP contribution in [0.4, 0.5) is 5.69 Å². The highest BCUT2D eigenvalue weighted by atomic mass is 16.3. The van der Waals surface area contributed by atoms with E-state index >= 15 is 0 Å². The minimum absolute atomic E-state index is 0.0617. The molecular weight excluding hydrogens is 380 g/mol. The fourth-order valence-corrected chi connectivity index (χ4v) is 4.15. The molecule has 2 aromatic heterocycles. The maximum absolute atomic E-state index is 8.18. The van der Waals surface area contributed by atoms with E-state index in [4.69, 9.17) is 19.2 Å². The second kappa shape index (κ2) is 7.11. The molecule has 5 rings (SSSR count). The summed E-state index contributed by atoms with van der Waals surface area (Å²) in [5.41, 5.74) is 4.87. The Kier molecular flexibility index (Phi) is 3.07. The predicted octanol–water partition coefficient (Wildman–Crippen LogP) is 7.22. The average molecular weight is 410 g/mol. The third kappa shape index (κ3) is 3.00. The topological polar surface area (TPSA) is 21.4 Å². The van der Waals surface area contributed by atoms with Gasteiger partial charge in [-0.1, -0.05) is 48.5 Å². The highest BCUT2D eigenvalue weighted by molar-refractivity contribution is 6.10. The van der Waals surface area contributed by atoms with Gasteiger partial charge in [-0.25, -0.2) is 9.41 Å². The summed E-state index contributed by atoms with van der Waals surface area (Å²) in [7, 11) is 1.77. The van der Waals surface area contributed by atoms with E-state index in [2.05, 4.69) is 4.85 Å². The van der Waals surface area contributed by atoms with Gasteiger partial charge in [0.15, 0.2) is 11.9 Å². The lowest BCUT2D eigenvalue weighted by molar-refractivity contribution is -0.660. The summed E-state index contributed by atoms with van der Waals surface area (Å²) >= 11 is 0. The monoisotopic (exact) mass is 409 g/mol. The zero-order chi connectivity index (χ0) is 26.7. The molecule has 0 aliphatic rings. The third-order valence-corrected chi connectivity index (χ3v) is 5.71. The average Bonchev–Trinajstić information content (AvgIpc) is 3.20. The van der Waals surface area contributed by atoms with Crippen molar-refractivity contribution in [2.75, 3.05) is 0 Å². The molecule has 0 unspecified atom stereocenters. The van der Waals surface area contributed by atoms with Gasteiger partial charge in [0.25, 0.3) is 0 Å². The standard InChI is InChI=1S/C28H23N2O/c1-17-8-6-7-9-21(17)24-15-25(30(5)16-19(24)3)27-18(2)10-12-23-22-13-11-20(29-4)14-26(22)31-28(23)27/h6-16H,1-3,5H3/q+1/i1D3,3D3. The van der Waals surface area contributed by atoms with E-state index in [1.54, 1.807) is 54.2 Å². The molecule has 0 bridgehead atoms. The third-order valence-electron chi connectivity index (χ3n) is 5.71. The summed E-state index contributed by atoms with van der Waals surface area (Å²) in [5.74, 6) is 0. The number of hydrogen-bond acceptors (Lipinski definition) is 1. The second-order valence-corrected chi connectivity index (χ2v) is 7.67. The lowest BCUT2D eigenvalue weighted by atomic mass is 9.94. The Bertz CT molecular complexity index is 1740. The summed E-state index contributed by atoms with van der Waals surface area (Å²) in [4.78, 5) is 3.50. The van der Waals surface area contributed by atoms with Gasteiger partial charge in [-0.3, -0.25) is 0 Å². The maximum Gasteiger partial charge on any atom is 0.216 e.